The van der Waals surface area contributed by atoms with Crippen LogP contribution in [0.25, 0.3) is 0 Å². The molecule has 0 radical (unpaired) electrons. The first-order valence-corrected chi connectivity index (χ1v) is 10.7. The van der Waals surface area contributed by atoms with Crippen molar-refractivity contribution in [3.63, 3.8) is 0 Å². The van der Waals surface area contributed by atoms with Crippen LogP contribution in [-0.4, -0.2) is 28.0 Å². The quantitative estimate of drug-likeness (QED) is 0.549. The van der Waals surface area contributed by atoms with Crippen LogP contribution in [0.5, 0.6) is 11.5 Å². The highest BCUT2D eigenvalue weighted by Gasteiger charge is 2.15. The largest absolute Gasteiger partial charge is 0.497 e. The summed E-state index contributed by atoms with van der Waals surface area (Å²) in [4.78, 5) is 12.1. The highest BCUT2D eigenvalue weighted by atomic mass is 32.2. The molecule has 0 saturated heterocycles. The summed E-state index contributed by atoms with van der Waals surface area (Å²) in [5, 5.41) is 2.57. The van der Waals surface area contributed by atoms with Gasteiger partial charge in [-0.1, -0.05) is 6.07 Å². The summed E-state index contributed by atoms with van der Waals surface area (Å²) in [7, 11) is -2.27. The van der Waals surface area contributed by atoms with E-state index in [1.807, 2.05) is 0 Å². The Morgan fingerprint density at radius 2 is 1.61 bits per heavy atom. The molecule has 0 aliphatic carbocycles. The van der Waals surface area contributed by atoms with Crippen molar-refractivity contribution in [2.45, 2.75) is 11.8 Å². The second-order valence-corrected chi connectivity index (χ2v) is 8.28. The summed E-state index contributed by atoms with van der Waals surface area (Å²) in [5.74, 6) is 0.00370. The number of carbonyl (C=O) groups is 1. The number of ether oxygens (including phenoxy) is 2. The molecule has 31 heavy (non-hydrogen) atoms. The van der Waals surface area contributed by atoms with E-state index in [1.54, 1.807) is 37.3 Å². The van der Waals surface area contributed by atoms with Gasteiger partial charge in [0.1, 0.15) is 17.3 Å². The molecule has 0 bridgehead atoms. The Morgan fingerprint density at radius 1 is 0.968 bits per heavy atom. The highest BCUT2D eigenvalue weighted by Crippen LogP contribution is 2.21. The number of carbonyl (C=O) groups excluding carboxylic acids is 1. The molecular formula is C22H21FN2O5S. The van der Waals surface area contributed by atoms with Crippen LogP contribution in [0.2, 0.25) is 0 Å². The van der Waals surface area contributed by atoms with E-state index < -0.39 is 21.7 Å². The van der Waals surface area contributed by atoms with Gasteiger partial charge in [-0.2, -0.15) is 0 Å². The Balaban J connectivity index is 1.58. The third kappa shape index (κ3) is 5.95. The second kappa shape index (κ2) is 9.48. The number of amides is 1. The number of rotatable bonds is 8. The second-order valence-electron chi connectivity index (χ2n) is 6.60. The minimum Gasteiger partial charge on any atom is -0.497 e. The average Bonchev–Trinajstić information content (AvgIpc) is 2.75. The van der Waals surface area contributed by atoms with Gasteiger partial charge in [0.15, 0.2) is 6.61 Å². The number of hydrogen-bond donors (Lipinski definition) is 2. The molecule has 0 aromatic heterocycles. The summed E-state index contributed by atoms with van der Waals surface area (Å²) in [6, 6.07) is 16.2. The van der Waals surface area contributed by atoms with Crippen molar-refractivity contribution in [1.29, 1.82) is 0 Å². The zero-order chi connectivity index (χ0) is 22.4. The molecule has 0 fully saturated rings. The van der Waals surface area contributed by atoms with E-state index in [0.29, 0.717) is 28.4 Å². The number of halogens is 1. The Morgan fingerprint density at radius 3 is 2.26 bits per heavy atom. The lowest BCUT2D eigenvalue weighted by molar-refractivity contribution is -0.118. The SMILES string of the molecule is COc1ccc(NS(=O)(=O)c2ccc(OCC(=O)Nc3cc(F)ccc3C)cc2)cc1. The first-order chi connectivity index (χ1) is 14.8. The Kier molecular flexibility index (Phi) is 6.76. The molecule has 0 saturated carbocycles. The number of aryl methyl sites for hydroxylation is 1. The minimum absolute atomic E-state index is 0.0375. The molecule has 3 rings (SSSR count). The third-order valence-electron chi connectivity index (χ3n) is 4.32. The van der Waals surface area contributed by atoms with Gasteiger partial charge < -0.3 is 14.8 Å². The van der Waals surface area contributed by atoms with Crippen LogP contribution in [0.4, 0.5) is 15.8 Å². The van der Waals surface area contributed by atoms with E-state index in [4.69, 9.17) is 9.47 Å². The molecule has 1 amide bonds. The predicted molar refractivity (Wildman–Crippen MR) is 116 cm³/mol. The van der Waals surface area contributed by atoms with Gasteiger partial charge >= 0.3 is 0 Å². The van der Waals surface area contributed by atoms with Crippen molar-refractivity contribution in [3.8, 4) is 11.5 Å². The van der Waals surface area contributed by atoms with Crippen LogP contribution < -0.4 is 19.5 Å². The summed E-state index contributed by atoms with van der Waals surface area (Å²) < 4.78 is 51.3. The predicted octanol–water partition coefficient (Wildman–Crippen LogP) is 3.96. The summed E-state index contributed by atoms with van der Waals surface area (Å²) >= 11 is 0. The minimum atomic E-state index is -3.79. The van der Waals surface area contributed by atoms with Gasteiger partial charge in [0.25, 0.3) is 15.9 Å². The van der Waals surface area contributed by atoms with Crippen LogP contribution in [-0.2, 0) is 14.8 Å². The molecule has 2 N–H and O–H groups in total. The monoisotopic (exact) mass is 444 g/mol. The Labute approximate surface area is 179 Å². The van der Waals surface area contributed by atoms with E-state index in [1.165, 1.54) is 43.5 Å². The summed E-state index contributed by atoms with van der Waals surface area (Å²) in [6.45, 7) is 1.43. The standard InChI is InChI=1S/C22H21FN2O5S/c1-15-3-4-16(23)13-21(15)24-22(26)14-30-19-9-11-20(12-10-19)31(27,28)25-17-5-7-18(29-2)8-6-17/h3-13,25H,14H2,1-2H3,(H,24,26). The summed E-state index contributed by atoms with van der Waals surface area (Å²) in [6.07, 6.45) is 0. The molecule has 0 heterocycles. The average molecular weight is 444 g/mol. The number of methoxy groups -OCH3 is 1. The number of sulfonamides is 1. The maximum atomic E-state index is 13.3. The molecule has 3 aromatic rings. The zero-order valence-electron chi connectivity index (χ0n) is 16.9. The molecule has 0 aliphatic rings. The van der Waals surface area contributed by atoms with Crippen LogP contribution >= 0.6 is 0 Å². The topological polar surface area (TPSA) is 93.7 Å². The van der Waals surface area contributed by atoms with Crippen LogP contribution in [0.15, 0.2) is 71.6 Å². The first-order valence-electron chi connectivity index (χ1n) is 9.22. The van der Waals surface area contributed by atoms with Crippen molar-refractivity contribution in [1.82, 2.24) is 0 Å². The maximum absolute atomic E-state index is 13.3. The molecule has 162 valence electrons. The van der Waals surface area contributed by atoms with E-state index in [-0.39, 0.29) is 11.5 Å². The van der Waals surface area contributed by atoms with E-state index in [2.05, 4.69) is 10.0 Å². The molecule has 0 atom stereocenters. The van der Waals surface area contributed by atoms with Gasteiger partial charge in [0.2, 0.25) is 0 Å². The summed E-state index contributed by atoms with van der Waals surface area (Å²) in [5.41, 5.74) is 1.47. The molecule has 0 unspecified atom stereocenters. The maximum Gasteiger partial charge on any atom is 0.262 e. The van der Waals surface area contributed by atoms with Crippen molar-refractivity contribution in [2.75, 3.05) is 23.8 Å². The van der Waals surface area contributed by atoms with Gasteiger partial charge in [-0.25, -0.2) is 12.8 Å². The van der Waals surface area contributed by atoms with Crippen LogP contribution in [0.3, 0.4) is 0 Å². The molecule has 3 aromatic carbocycles. The number of hydrogen-bond acceptors (Lipinski definition) is 5. The molecule has 7 nitrogen and oxygen atoms in total. The molecule has 0 spiro atoms. The van der Waals surface area contributed by atoms with Crippen molar-refractivity contribution in [2.24, 2.45) is 0 Å². The van der Waals surface area contributed by atoms with Crippen LogP contribution in [0, 0.1) is 12.7 Å². The van der Waals surface area contributed by atoms with E-state index in [0.717, 1.165) is 0 Å². The van der Waals surface area contributed by atoms with Crippen LogP contribution in [0.1, 0.15) is 5.56 Å². The lowest BCUT2D eigenvalue weighted by atomic mass is 10.2. The van der Waals surface area contributed by atoms with Crippen molar-refractivity contribution >= 4 is 27.3 Å². The fraction of sp³-hybridized carbons (Fsp3) is 0.136. The fourth-order valence-corrected chi connectivity index (χ4v) is 3.71. The molecule has 0 aliphatic heterocycles. The fourth-order valence-electron chi connectivity index (χ4n) is 2.65. The number of nitrogens with one attached hydrogen (secondary N) is 2. The lowest BCUT2D eigenvalue weighted by Crippen LogP contribution is -2.20. The van der Waals surface area contributed by atoms with E-state index in [9.17, 15) is 17.6 Å². The van der Waals surface area contributed by atoms with Crippen molar-refractivity contribution < 1.29 is 27.1 Å². The number of anilines is 2. The zero-order valence-corrected chi connectivity index (χ0v) is 17.7. The Bertz CT molecular complexity index is 1160. The van der Waals surface area contributed by atoms with Gasteiger partial charge in [0.05, 0.1) is 12.0 Å². The normalized spacial score (nSPS) is 10.9. The smallest absolute Gasteiger partial charge is 0.262 e. The van der Waals surface area contributed by atoms with Gasteiger partial charge in [0, 0.05) is 11.4 Å². The highest BCUT2D eigenvalue weighted by molar-refractivity contribution is 7.92. The first kappa shape index (κ1) is 22.1. The van der Waals surface area contributed by atoms with E-state index >= 15 is 0 Å². The lowest BCUT2D eigenvalue weighted by Gasteiger charge is -2.11. The van der Waals surface area contributed by atoms with Gasteiger partial charge in [-0.15, -0.1) is 0 Å². The van der Waals surface area contributed by atoms with Gasteiger partial charge in [-0.3, -0.25) is 9.52 Å². The Hall–Kier alpha value is -3.59. The number of benzene rings is 3. The third-order valence-corrected chi connectivity index (χ3v) is 5.72. The van der Waals surface area contributed by atoms with Crippen molar-refractivity contribution in [3.05, 3.63) is 78.1 Å². The molecular weight excluding hydrogens is 423 g/mol. The van der Waals surface area contributed by atoms with Gasteiger partial charge in [-0.05, 0) is 73.2 Å². The molecule has 9 heteroatoms.